The van der Waals surface area contributed by atoms with Gasteiger partial charge in [0.05, 0.1) is 17.7 Å². The van der Waals surface area contributed by atoms with E-state index in [0.717, 1.165) is 37.2 Å². The maximum Gasteiger partial charge on any atom is 0.230 e. The molecule has 1 fully saturated rings. The van der Waals surface area contributed by atoms with Crippen molar-refractivity contribution in [3.63, 3.8) is 0 Å². The summed E-state index contributed by atoms with van der Waals surface area (Å²) in [7, 11) is 0. The van der Waals surface area contributed by atoms with E-state index >= 15 is 0 Å². The summed E-state index contributed by atoms with van der Waals surface area (Å²) in [4.78, 5) is 13.1. The average Bonchev–Trinajstić information content (AvgIpc) is 2.90. The minimum atomic E-state index is -0.419. The van der Waals surface area contributed by atoms with E-state index in [4.69, 9.17) is 0 Å². The first-order valence-electron chi connectivity index (χ1n) is 9.10. The molecule has 0 aliphatic carbocycles. The summed E-state index contributed by atoms with van der Waals surface area (Å²) in [5.74, 6) is 0.137. The van der Waals surface area contributed by atoms with Crippen LogP contribution in [0.25, 0.3) is 0 Å². The standard InChI is InChI=1S/C20H28N4O.ClH/c1-15-16(2)23-24(17(15)3)14-13-22-19(25)20(9-11-21-12-10-20)18-7-5-4-6-8-18;/h4-8,21H,9-14H2,1-3H3,(H,22,25);1H. The third kappa shape index (κ3) is 3.94. The highest BCUT2D eigenvalue weighted by Gasteiger charge is 2.40. The summed E-state index contributed by atoms with van der Waals surface area (Å²) in [5, 5.41) is 11.1. The summed E-state index contributed by atoms with van der Waals surface area (Å²) in [6.07, 6.45) is 1.67. The zero-order valence-electron chi connectivity index (χ0n) is 15.8. The fraction of sp³-hybridized carbons (Fsp3) is 0.500. The van der Waals surface area contributed by atoms with Gasteiger partial charge >= 0.3 is 0 Å². The molecule has 0 saturated carbocycles. The number of nitrogens with one attached hydrogen (secondary N) is 2. The second-order valence-electron chi connectivity index (χ2n) is 6.97. The largest absolute Gasteiger partial charge is 0.353 e. The van der Waals surface area contributed by atoms with Crippen LogP contribution in [0.3, 0.4) is 0 Å². The molecule has 0 radical (unpaired) electrons. The van der Waals surface area contributed by atoms with E-state index in [1.54, 1.807) is 0 Å². The van der Waals surface area contributed by atoms with Crippen molar-refractivity contribution in [1.82, 2.24) is 20.4 Å². The van der Waals surface area contributed by atoms with Crippen LogP contribution in [0.2, 0.25) is 0 Å². The van der Waals surface area contributed by atoms with E-state index in [1.807, 2.05) is 29.8 Å². The fourth-order valence-electron chi connectivity index (χ4n) is 3.71. The number of piperidine rings is 1. The average molecular weight is 377 g/mol. The monoisotopic (exact) mass is 376 g/mol. The van der Waals surface area contributed by atoms with Crippen molar-refractivity contribution in [2.45, 2.75) is 45.6 Å². The Labute approximate surface area is 162 Å². The first kappa shape index (κ1) is 20.5. The summed E-state index contributed by atoms with van der Waals surface area (Å²) in [6, 6.07) is 10.2. The van der Waals surface area contributed by atoms with Crippen molar-refractivity contribution in [2.24, 2.45) is 0 Å². The Kier molecular flexibility index (Phi) is 6.84. The lowest BCUT2D eigenvalue weighted by Crippen LogP contribution is -2.51. The van der Waals surface area contributed by atoms with E-state index < -0.39 is 5.41 Å². The molecular formula is C20H29ClN4O. The lowest BCUT2D eigenvalue weighted by Gasteiger charge is -2.36. The van der Waals surface area contributed by atoms with Crippen molar-refractivity contribution in [2.75, 3.05) is 19.6 Å². The van der Waals surface area contributed by atoms with Gasteiger partial charge in [-0.1, -0.05) is 30.3 Å². The van der Waals surface area contributed by atoms with Gasteiger partial charge in [0.1, 0.15) is 0 Å². The van der Waals surface area contributed by atoms with Crippen LogP contribution in [-0.4, -0.2) is 35.3 Å². The van der Waals surface area contributed by atoms with E-state index in [0.29, 0.717) is 13.1 Å². The van der Waals surface area contributed by atoms with Gasteiger partial charge in [0, 0.05) is 12.2 Å². The van der Waals surface area contributed by atoms with E-state index in [2.05, 4.69) is 41.7 Å². The van der Waals surface area contributed by atoms with Crippen molar-refractivity contribution in [1.29, 1.82) is 0 Å². The van der Waals surface area contributed by atoms with Crippen molar-refractivity contribution < 1.29 is 4.79 Å². The lowest BCUT2D eigenvalue weighted by molar-refractivity contribution is -0.127. The highest BCUT2D eigenvalue weighted by molar-refractivity contribution is 5.88. The number of halogens is 1. The van der Waals surface area contributed by atoms with E-state index in [1.165, 1.54) is 11.3 Å². The van der Waals surface area contributed by atoms with E-state index in [-0.39, 0.29) is 18.3 Å². The predicted molar refractivity (Wildman–Crippen MR) is 107 cm³/mol. The van der Waals surface area contributed by atoms with Crippen LogP contribution >= 0.6 is 12.4 Å². The van der Waals surface area contributed by atoms with Crippen LogP contribution in [0, 0.1) is 20.8 Å². The molecule has 1 saturated heterocycles. The molecule has 0 spiro atoms. The Morgan fingerprint density at radius 2 is 1.85 bits per heavy atom. The Hall–Kier alpha value is -1.85. The number of aromatic nitrogens is 2. The second-order valence-corrected chi connectivity index (χ2v) is 6.97. The number of hydrogen-bond donors (Lipinski definition) is 2. The number of carbonyl (C=O) groups is 1. The highest BCUT2D eigenvalue weighted by atomic mass is 35.5. The fourth-order valence-corrected chi connectivity index (χ4v) is 3.71. The van der Waals surface area contributed by atoms with Crippen LogP contribution in [0.5, 0.6) is 0 Å². The van der Waals surface area contributed by atoms with Crippen molar-refractivity contribution in [3.05, 3.63) is 52.8 Å². The first-order valence-corrected chi connectivity index (χ1v) is 9.10. The van der Waals surface area contributed by atoms with Crippen LogP contribution < -0.4 is 10.6 Å². The van der Waals surface area contributed by atoms with Gasteiger partial charge in [0.15, 0.2) is 0 Å². The van der Waals surface area contributed by atoms with Gasteiger partial charge < -0.3 is 10.6 Å². The normalized spacial score (nSPS) is 16.0. The molecule has 142 valence electrons. The van der Waals surface area contributed by atoms with Gasteiger partial charge in [-0.3, -0.25) is 9.48 Å². The van der Waals surface area contributed by atoms with Crippen molar-refractivity contribution >= 4 is 18.3 Å². The molecule has 1 aromatic heterocycles. The molecule has 5 nitrogen and oxygen atoms in total. The number of carbonyl (C=O) groups excluding carboxylic acids is 1. The first-order chi connectivity index (χ1) is 12.0. The zero-order chi connectivity index (χ0) is 17.9. The van der Waals surface area contributed by atoms with Crippen LogP contribution in [0.15, 0.2) is 30.3 Å². The molecule has 3 rings (SSSR count). The van der Waals surface area contributed by atoms with Gasteiger partial charge in [-0.15, -0.1) is 12.4 Å². The van der Waals surface area contributed by atoms with Crippen molar-refractivity contribution in [3.8, 4) is 0 Å². The molecular weight excluding hydrogens is 348 g/mol. The van der Waals surface area contributed by atoms with Gasteiger partial charge in [0.25, 0.3) is 0 Å². The Morgan fingerprint density at radius 3 is 2.42 bits per heavy atom. The summed E-state index contributed by atoms with van der Waals surface area (Å²) in [6.45, 7) is 9.24. The Morgan fingerprint density at radius 1 is 1.19 bits per heavy atom. The summed E-state index contributed by atoms with van der Waals surface area (Å²) < 4.78 is 1.99. The molecule has 0 bridgehead atoms. The minimum Gasteiger partial charge on any atom is -0.353 e. The molecule has 1 aromatic carbocycles. The molecule has 1 aliphatic rings. The smallest absolute Gasteiger partial charge is 0.230 e. The van der Waals surface area contributed by atoms with Crippen LogP contribution in [0.1, 0.15) is 35.4 Å². The number of amides is 1. The molecule has 26 heavy (non-hydrogen) atoms. The quantitative estimate of drug-likeness (QED) is 0.843. The maximum atomic E-state index is 13.1. The molecule has 6 heteroatoms. The number of aryl methyl sites for hydroxylation is 1. The predicted octanol–water partition coefficient (Wildman–Crippen LogP) is 2.67. The Balaban J connectivity index is 0.00000243. The van der Waals surface area contributed by atoms with Crippen LogP contribution in [0.4, 0.5) is 0 Å². The SMILES string of the molecule is Cc1nn(CCNC(=O)C2(c3ccccc3)CCNCC2)c(C)c1C.Cl. The molecule has 2 aromatic rings. The van der Waals surface area contributed by atoms with Gasteiger partial charge in [0.2, 0.25) is 5.91 Å². The molecule has 0 atom stereocenters. The highest BCUT2D eigenvalue weighted by Crippen LogP contribution is 2.33. The Bertz CT molecular complexity index is 736. The molecule has 0 unspecified atom stereocenters. The maximum absolute atomic E-state index is 13.1. The second kappa shape index (κ2) is 8.69. The number of hydrogen-bond acceptors (Lipinski definition) is 3. The van der Waals surface area contributed by atoms with Gasteiger partial charge in [-0.2, -0.15) is 5.10 Å². The summed E-state index contributed by atoms with van der Waals surface area (Å²) >= 11 is 0. The molecule has 2 heterocycles. The van der Waals surface area contributed by atoms with Crippen LogP contribution in [-0.2, 0) is 16.8 Å². The number of rotatable bonds is 5. The van der Waals surface area contributed by atoms with Gasteiger partial charge in [-0.25, -0.2) is 0 Å². The van der Waals surface area contributed by atoms with E-state index in [9.17, 15) is 4.79 Å². The number of benzene rings is 1. The summed E-state index contributed by atoms with van der Waals surface area (Å²) in [5.41, 5.74) is 4.16. The minimum absolute atomic E-state index is 0. The third-order valence-corrected chi connectivity index (χ3v) is 5.57. The molecule has 1 amide bonds. The topological polar surface area (TPSA) is 59.0 Å². The number of nitrogens with zero attached hydrogens (tertiary/aromatic N) is 2. The molecule has 1 aliphatic heterocycles. The lowest BCUT2D eigenvalue weighted by atomic mass is 9.72. The zero-order valence-corrected chi connectivity index (χ0v) is 16.7. The molecule has 2 N–H and O–H groups in total. The van der Waals surface area contributed by atoms with Gasteiger partial charge in [-0.05, 0) is 57.8 Å². The third-order valence-electron chi connectivity index (χ3n) is 5.57.